The molecule has 2 N–H and O–H groups in total. The number of nitrogens with zero attached hydrogens (tertiary/aromatic N) is 3. The lowest BCUT2D eigenvalue weighted by molar-refractivity contribution is 0.274. The first-order chi connectivity index (χ1) is 11.8. The van der Waals surface area contributed by atoms with Crippen LogP contribution in [-0.2, 0) is 6.54 Å². The molecular weight excluding hydrogens is 304 g/mol. The van der Waals surface area contributed by atoms with Crippen LogP contribution in [0.3, 0.4) is 0 Å². The predicted molar refractivity (Wildman–Crippen MR) is 93.0 cm³/mol. The summed E-state index contributed by atoms with van der Waals surface area (Å²) < 4.78 is 3.02. The molecule has 0 saturated carbocycles. The minimum atomic E-state index is -0.126. The zero-order valence-corrected chi connectivity index (χ0v) is 13.5. The summed E-state index contributed by atoms with van der Waals surface area (Å²) in [5.74, 6) is 0. The van der Waals surface area contributed by atoms with E-state index in [0.29, 0.717) is 18.7 Å². The molecule has 1 atom stereocenters. The summed E-state index contributed by atoms with van der Waals surface area (Å²) in [6.45, 7) is 1.31. The van der Waals surface area contributed by atoms with E-state index in [1.165, 1.54) is 10.2 Å². The van der Waals surface area contributed by atoms with Gasteiger partial charge in [-0.1, -0.05) is 36.4 Å². The Hall–Kier alpha value is -2.44. The van der Waals surface area contributed by atoms with E-state index in [1.807, 2.05) is 36.4 Å². The SMILES string of the molecule is O=c1n(CCNC(CCCO)c2ccccc2)nc2ccccn12. The molecule has 0 aliphatic rings. The summed E-state index contributed by atoms with van der Waals surface area (Å²) in [6, 6.07) is 15.8. The number of fused-ring (bicyclic) bond motifs is 1. The van der Waals surface area contributed by atoms with Crippen LogP contribution < -0.4 is 11.0 Å². The molecule has 0 saturated heterocycles. The van der Waals surface area contributed by atoms with Crippen LogP contribution in [0.4, 0.5) is 0 Å². The van der Waals surface area contributed by atoms with Crippen molar-refractivity contribution in [3.8, 4) is 0 Å². The minimum absolute atomic E-state index is 0.126. The van der Waals surface area contributed by atoms with Crippen LogP contribution in [0, 0.1) is 0 Å². The first kappa shape index (κ1) is 16.4. The Morgan fingerprint density at radius 1 is 1.12 bits per heavy atom. The average molecular weight is 326 g/mol. The van der Waals surface area contributed by atoms with Gasteiger partial charge in [0, 0.05) is 25.4 Å². The second kappa shape index (κ2) is 7.90. The van der Waals surface area contributed by atoms with Crippen molar-refractivity contribution in [1.82, 2.24) is 19.5 Å². The minimum Gasteiger partial charge on any atom is -0.396 e. The summed E-state index contributed by atoms with van der Waals surface area (Å²) in [5.41, 5.74) is 1.72. The number of rotatable bonds is 8. The van der Waals surface area contributed by atoms with Gasteiger partial charge in [-0.3, -0.25) is 4.40 Å². The fourth-order valence-electron chi connectivity index (χ4n) is 2.83. The van der Waals surface area contributed by atoms with E-state index in [1.54, 1.807) is 10.6 Å². The van der Waals surface area contributed by atoms with Crippen molar-refractivity contribution in [2.24, 2.45) is 0 Å². The fraction of sp³-hybridized carbons (Fsp3) is 0.333. The second-order valence-corrected chi connectivity index (χ2v) is 5.72. The van der Waals surface area contributed by atoms with Gasteiger partial charge in [0.25, 0.3) is 0 Å². The highest BCUT2D eigenvalue weighted by atomic mass is 16.3. The summed E-state index contributed by atoms with van der Waals surface area (Å²) in [5, 5.41) is 16.9. The number of hydrogen-bond acceptors (Lipinski definition) is 4. The number of benzene rings is 1. The Balaban J connectivity index is 1.66. The van der Waals surface area contributed by atoms with Gasteiger partial charge in [0.05, 0.1) is 6.54 Å². The highest BCUT2D eigenvalue weighted by Gasteiger charge is 2.11. The maximum Gasteiger partial charge on any atom is 0.350 e. The second-order valence-electron chi connectivity index (χ2n) is 5.72. The molecule has 0 aliphatic carbocycles. The van der Waals surface area contributed by atoms with Crippen LogP contribution in [0.2, 0.25) is 0 Å². The first-order valence-electron chi connectivity index (χ1n) is 8.23. The summed E-state index contributed by atoms with van der Waals surface area (Å²) in [7, 11) is 0. The maximum absolute atomic E-state index is 12.2. The third kappa shape index (κ3) is 3.72. The van der Waals surface area contributed by atoms with Crippen LogP contribution >= 0.6 is 0 Å². The van der Waals surface area contributed by atoms with Crippen molar-refractivity contribution < 1.29 is 5.11 Å². The monoisotopic (exact) mass is 326 g/mol. The number of aliphatic hydroxyl groups is 1. The molecule has 6 heteroatoms. The zero-order chi connectivity index (χ0) is 16.8. The van der Waals surface area contributed by atoms with Gasteiger partial charge in [-0.2, -0.15) is 0 Å². The normalized spacial score (nSPS) is 12.5. The van der Waals surface area contributed by atoms with Crippen molar-refractivity contribution in [3.63, 3.8) is 0 Å². The highest BCUT2D eigenvalue weighted by Crippen LogP contribution is 2.17. The standard InChI is InChI=1S/C18H22N4O2/c23-14-6-9-16(15-7-2-1-3-8-15)19-11-13-22-18(24)21-12-5-4-10-17(21)20-22/h1-5,7-8,10,12,16,19,23H,6,9,11,13-14H2. The van der Waals surface area contributed by atoms with Crippen molar-refractivity contribution in [3.05, 3.63) is 70.8 Å². The Bertz CT molecular complexity index is 826. The molecule has 1 unspecified atom stereocenters. The lowest BCUT2D eigenvalue weighted by Crippen LogP contribution is -2.30. The lowest BCUT2D eigenvalue weighted by atomic mass is 10.0. The molecule has 0 fully saturated rings. The number of pyridine rings is 1. The fourth-order valence-corrected chi connectivity index (χ4v) is 2.83. The smallest absolute Gasteiger partial charge is 0.350 e. The molecule has 0 bridgehead atoms. The Morgan fingerprint density at radius 3 is 2.67 bits per heavy atom. The van der Waals surface area contributed by atoms with E-state index in [0.717, 1.165) is 12.8 Å². The Labute approximate surface area is 140 Å². The van der Waals surface area contributed by atoms with E-state index >= 15 is 0 Å². The molecule has 0 amide bonds. The summed E-state index contributed by atoms with van der Waals surface area (Å²) >= 11 is 0. The number of aliphatic hydroxyl groups excluding tert-OH is 1. The molecule has 0 spiro atoms. The zero-order valence-electron chi connectivity index (χ0n) is 13.5. The molecule has 2 heterocycles. The molecule has 3 rings (SSSR count). The molecule has 0 aliphatic heterocycles. The average Bonchev–Trinajstić information content (AvgIpc) is 2.95. The molecule has 2 aromatic heterocycles. The van der Waals surface area contributed by atoms with Crippen LogP contribution in [-0.4, -0.2) is 32.4 Å². The van der Waals surface area contributed by atoms with Gasteiger partial charge in [0.15, 0.2) is 5.65 Å². The lowest BCUT2D eigenvalue weighted by Gasteiger charge is -2.18. The van der Waals surface area contributed by atoms with Crippen LogP contribution in [0.25, 0.3) is 5.65 Å². The van der Waals surface area contributed by atoms with Gasteiger partial charge in [0.2, 0.25) is 0 Å². The number of aromatic nitrogens is 3. The molecular formula is C18H22N4O2. The Morgan fingerprint density at radius 2 is 1.92 bits per heavy atom. The van der Waals surface area contributed by atoms with E-state index in [4.69, 9.17) is 5.11 Å². The summed E-state index contributed by atoms with van der Waals surface area (Å²) in [6.07, 6.45) is 3.31. The molecule has 24 heavy (non-hydrogen) atoms. The van der Waals surface area contributed by atoms with Gasteiger partial charge >= 0.3 is 5.69 Å². The van der Waals surface area contributed by atoms with Gasteiger partial charge < -0.3 is 10.4 Å². The van der Waals surface area contributed by atoms with Gasteiger partial charge in [-0.15, -0.1) is 5.10 Å². The molecule has 1 aromatic carbocycles. The molecule has 126 valence electrons. The van der Waals surface area contributed by atoms with Gasteiger partial charge in [-0.05, 0) is 30.5 Å². The van der Waals surface area contributed by atoms with Crippen molar-refractivity contribution in [2.45, 2.75) is 25.4 Å². The molecule has 6 nitrogen and oxygen atoms in total. The van der Waals surface area contributed by atoms with Crippen molar-refractivity contribution in [1.29, 1.82) is 0 Å². The number of nitrogens with one attached hydrogen (secondary N) is 1. The van der Waals surface area contributed by atoms with Crippen molar-refractivity contribution >= 4 is 5.65 Å². The highest BCUT2D eigenvalue weighted by molar-refractivity contribution is 5.35. The van der Waals surface area contributed by atoms with Crippen LogP contribution in [0.1, 0.15) is 24.4 Å². The van der Waals surface area contributed by atoms with Gasteiger partial charge in [-0.25, -0.2) is 9.48 Å². The van der Waals surface area contributed by atoms with E-state index < -0.39 is 0 Å². The largest absolute Gasteiger partial charge is 0.396 e. The number of hydrogen-bond donors (Lipinski definition) is 2. The maximum atomic E-state index is 12.2. The summed E-state index contributed by atoms with van der Waals surface area (Å²) in [4.78, 5) is 12.2. The predicted octanol–water partition coefficient (Wildman–Crippen LogP) is 1.60. The third-order valence-corrected chi connectivity index (χ3v) is 4.06. The third-order valence-electron chi connectivity index (χ3n) is 4.06. The van der Waals surface area contributed by atoms with E-state index in [-0.39, 0.29) is 18.3 Å². The quantitative estimate of drug-likeness (QED) is 0.659. The first-order valence-corrected chi connectivity index (χ1v) is 8.23. The van der Waals surface area contributed by atoms with Crippen LogP contribution in [0.5, 0.6) is 0 Å². The van der Waals surface area contributed by atoms with Crippen molar-refractivity contribution in [2.75, 3.05) is 13.2 Å². The van der Waals surface area contributed by atoms with Gasteiger partial charge in [0.1, 0.15) is 0 Å². The van der Waals surface area contributed by atoms with Crippen LogP contribution in [0.15, 0.2) is 59.5 Å². The Kier molecular flexibility index (Phi) is 5.40. The van der Waals surface area contributed by atoms with E-state index in [2.05, 4.69) is 22.5 Å². The topological polar surface area (TPSA) is 71.6 Å². The van der Waals surface area contributed by atoms with E-state index in [9.17, 15) is 4.79 Å². The molecule has 3 aromatic rings. The molecule has 0 radical (unpaired) electrons.